The Bertz CT molecular complexity index is 826. The van der Waals surface area contributed by atoms with E-state index in [0.717, 1.165) is 12.1 Å². The molecule has 10 heteroatoms. The Kier molecular flexibility index (Phi) is 4.84. The number of hydrogen-bond donors (Lipinski definition) is 0. The van der Waals surface area contributed by atoms with E-state index in [2.05, 4.69) is 10.3 Å². The molecule has 0 aliphatic carbocycles. The van der Waals surface area contributed by atoms with Gasteiger partial charge < -0.3 is 14.8 Å². The third-order valence-electron chi connectivity index (χ3n) is 4.50. The Labute approximate surface area is 146 Å². The number of hydrogen-bond acceptors (Lipinski definition) is 5. The maximum atomic E-state index is 12.8. The predicted octanol–water partition coefficient (Wildman–Crippen LogP) is 1.14. The number of aromatic nitrogens is 3. The van der Waals surface area contributed by atoms with Gasteiger partial charge in [-0.15, -0.1) is 5.10 Å². The second-order valence-electron chi connectivity index (χ2n) is 6.22. The van der Waals surface area contributed by atoms with Crippen molar-refractivity contribution < 1.29 is 27.9 Å². The molecule has 0 unspecified atom stereocenters. The number of amides is 1. The van der Waals surface area contributed by atoms with Crippen molar-refractivity contribution in [2.45, 2.75) is 37.9 Å². The SMILES string of the molecule is O=C([O-])CCC(=O)N1CCC(n2nnc3cc(C(F)(F)F)ccc32)CC1. The number of rotatable bonds is 4. The van der Waals surface area contributed by atoms with E-state index in [1.165, 1.54) is 6.07 Å². The van der Waals surface area contributed by atoms with Gasteiger partial charge in [0.25, 0.3) is 0 Å². The highest BCUT2D eigenvalue weighted by atomic mass is 19.4. The number of carbonyl (C=O) groups excluding carboxylic acids is 2. The second-order valence-corrected chi connectivity index (χ2v) is 6.22. The molecule has 7 nitrogen and oxygen atoms in total. The number of carboxylic acids is 1. The molecular formula is C16H16F3N4O3-. The van der Waals surface area contributed by atoms with E-state index in [-0.39, 0.29) is 30.3 Å². The summed E-state index contributed by atoms with van der Waals surface area (Å²) in [5.74, 6) is -1.51. The average molecular weight is 369 g/mol. The fourth-order valence-corrected chi connectivity index (χ4v) is 3.11. The molecule has 1 saturated heterocycles. The monoisotopic (exact) mass is 369 g/mol. The Morgan fingerprint density at radius 3 is 2.50 bits per heavy atom. The van der Waals surface area contributed by atoms with Gasteiger partial charge in [-0.25, -0.2) is 4.68 Å². The molecule has 26 heavy (non-hydrogen) atoms. The third-order valence-corrected chi connectivity index (χ3v) is 4.50. The molecule has 1 fully saturated rings. The van der Waals surface area contributed by atoms with E-state index < -0.39 is 17.7 Å². The van der Waals surface area contributed by atoms with Crippen LogP contribution in [0.4, 0.5) is 13.2 Å². The summed E-state index contributed by atoms with van der Waals surface area (Å²) in [5, 5.41) is 18.2. The van der Waals surface area contributed by atoms with E-state index in [0.29, 0.717) is 31.4 Å². The number of alkyl halides is 3. The van der Waals surface area contributed by atoms with Crippen LogP contribution in [-0.2, 0) is 15.8 Å². The van der Waals surface area contributed by atoms with E-state index in [4.69, 9.17) is 0 Å². The van der Waals surface area contributed by atoms with Crippen LogP contribution in [0.5, 0.6) is 0 Å². The largest absolute Gasteiger partial charge is 0.550 e. The highest BCUT2D eigenvalue weighted by molar-refractivity contribution is 5.80. The van der Waals surface area contributed by atoms with Crippen molar-refractivity contribution in [1.82, 2.24) is 19.9 Å². The third kappa shape index (κ3) is 3.78. The van der Waals surface area contributed by atoms with Crippen molar-refractivity contribution >= 4 is 22.9 Å². The first-order chi connectivity index (χ1) is 12.3. The zero-order valence-corrected chi connectivity index (χ0v) is 13.7. The van der Waals surface area contributed by atoms with Crippen molar-refractivity contribution in [1.29, 1.82) is 0 Å². The highest BCUT2D eigenvalue weighted by Crippen LogP contribution is 2.32. The highest BCUT2D eigenvalue weighted by Gasteiger charge is 2.31. The lowest BCUT2D eigenvalue weighted by molar-refractivity contribution is -0.305. The minimum atomic E-state index is -4.44. The van der Waals surface area contributed by atoms with Gasteiger partial charge in [0.15, 0.2) is 0 Å². The Morgan fingerprint density at radius 2 is 1.88 bits per heavy atom. The van der Waals surface area contributed by atoms with Crippen molar-refractivity contribution in [2.24, 2.45) is 0 Å². The Balaban J connectivity index is 1.68. The van der Waals surface area contributed by atoms with Gasteiger partial charge in [-0.3, -0.25) is 4.79 Å². The summed E-state index contributed by atoms with van der Waals surface area (Å²) in [7, 11) is 0. The molecule has 0 radical (unpaired) electrons. The van der Waals surface area contributed by atoms with Gasteiger partial charge in [0, 0.05) is 25.5 Å². The standard InChI is InChI=1S/C16H17F3N4O3/c17-16(18,19)10-1-2-13-12(9-10)20-21-23(13)11-5-7-22(8-6-11)14(24)3-4-15(25)26/h1-2,9,11H,3-8H2,(H,25,26)/p-1. The number of nitrogens with zero attached hydrogens (tertiary/aromatic N) is 4. The average Bonchev–Trinajstić information content (AvgIpc) is 3.02. The van der Waals surface area contributed by atoms with Gasteiger partial charge in [0.2, 0.25) is 5.91 Å². The van der Waals surface area contributed by atoms with Gasteiger partial charge in [-0.1, -0.05) is 5.21 Å². The molecule has 0 saturated carbocycles. The van der Waals surface area contributed by atoms with Crippen molar-refractivity contribution in [3.8, 4) is 0 Å². The number of fused-ring (bicyclic) bond motifs is 1. The van der Waals surface area contributed by atoms with Crippen molar-refractivity contribution in [2.75, 3.05) is 13.1 Å². The summed E-state index contributed by atoms with van der Waals surface area (Å²) in [5.41, 5.74) is -0.0857. The minimum Gasteiger partial charge on any atom is -0.550 e. The molecule has 0 atom stereocenters. The molecule has 1 aliphatic rings. The topological polar surface area (TPSA) is 91.2 Å². The van der Waals surface area contributed by atoms with Gasteiger partial charge in [-0.05, 0) is 37.5 Å². The smallest absolute Gasteiger partial charge is 0.416 e. The molecular weight excluding hydrogens is 353 g/mol. The molecule has 1 aromatic heterocycles. The van der Waals surface area contributed by atoms with Gasteiger partial charge >= 0.3 is 6.18 Å². The Morgan fingerprint density at radius 1 is 1.19 bits per heavy atom. The number of likely N-dealkylation sites (tertiary alicyclic amines) is 1. The molecule has 2 aromatic rings. The maximum absolute atomic E-state index is 12.8. The van der Waals surface area contributed by atoms with Crippen LogP contribution in [0.1, 0.15) is 37.3 Å². The van der Waals surface area contributed by atoms with Crippen molar-refractivity contribution in [3.63, 3.8) is 0 Å². The molecule has 140 valence electrons. The van der Waals surface area contributed by atoms with E-state index in [1.807, 2.05) is 0 Å². The van der Waals surface area contributed by atoms with Crippen LogP contribution in [0.25, 0.3) is 11.0 Å². The summed E-state index contributed by atoms with van der Waals surface area (Å²) in [6.07, 6.45) is -3.71. The van der Waals surface area contributed by atoms with Crippen molar-refractivity contribution in [3.05, 3.63) is 23.8 Å². The lowest BCUT2D eigenvalue weighted by Gasteiger charge is -2.32. The predicted molar refractivity (Wildman–Crippen MR) is 81.6 cm³/mol. The maximum Gasteiger partial charge on any atom is 0.416 e. The number of carboxylic acid groups (broad SMARTS) is 1. The number of piperidine rings is 1. The van der Waals surface area contributed by atoms with Gasteiger partial charge in [0.05, 0.1) is 17.1 Å². The fourth-order valence-electron chi connectivity index (χ4n) is 3.11. The normalized spacial score (nSPS) is 16.2. The molecule has 3 rings (SSSR count). The van der Waals surface area contributed by atoms with E-state index >= 15 is 0 Å². The number of aliphatic carboxylic acids is 1. The number of halogens is 3. The number of carbonyl (C=O) groups is 2. The van der Waals surface area contributed by atoms with Crippen LogP contribution in [0, 0.1) is 0 Å². The van der Waals surface area contributed by atoms with Crippen LogP contribution in [0.3, 0.4) is 0 Å². The fraction of sp³-hybridized carbons (Fsp3) is 0.500. The summed E-state index contributed by atoms with van der Waals surface area (Å²) in [6.45, 7) is 0.858. The zero-order chi connectivity index (χ0) is 18.9. The molecule has 2 heterocycles. The first kappa shape index (κ1) is 18.2. The van der Waals surface area contributed by atoms with Crippen LogP contribution < -0.4 is 5.11 Å². The first-order valence-corrected chi connectivity index (χ1v) is 8.15. The summed E-state index contributed by atoms with van der Waals surface area (Å²) in [4.78, 5) is 24.0. The summed E-state index contributed by atoms with van der Waals surface area (Å²) >= 11 is 0. The van der Waals surface area contributed by atoms with Crippen LogP contribution in [-0.4, -0.2) is 44.9 Å². The Hall–Kier alpha value is -2.65. The molecule has 0 N–H and O–H groups in total. The molecule has 0 spiro atoms. The zero-order valence-electron chi connectivity index (χ0n) is 13.7. The lowest BCUT2D eigenvalue weighted by atomic mass is 10.0. The lowest BCUT2D eigenvalue weighted by Crippen LogP contribution is -2.39. The van der Waals surface area contributed by atoms with Crippen LogP contribution >= 0.6 is 0 Å². The number of benzene rings is 1. The molecule has 0 bridgehead atoms. The second kappa shape index (κ2) is 6.93. The molecule has 1 aliphatic heterocycles. The first-order valence-electron chi connectivity index (χ1n) is 8.15. The van der Waals surface area contributed by atoms with Gasteiger partial charge in [-0.2, -0.15) is 13.2 Å². The van der Waals surface area contributed by atoms with Gasteiger partial charge in [0.1, 0.15) is 5.52 Å². The quantitative estimate of drug-likeness (QED) is 0.806. The van der Waals surface area contributed by atoms with E-state index in [1.54, 1.807) is 9.58 Å². The van der Waals surface area contributed by atoms with Crippen LogP contribution in [0.2, 0.25) is 0 Å². The molecule has 1 amide bonds. The molecule has 1 aromatic carbocycles. The summed E-state index contributed by atoms with van der Waals surface area (Å²) < 4.78 is 39.9. The van der Waals surface area contributed by atoms with Crippen LogP contribution in [0.15, 0.2) is 18.2 Å². The minimum absolute atomic E-state index is 0.0815. The van der Waals surface area contributed by atoms with E-state index in [9.17, 15) is 27.9 Å². The summed E-state index contributed by atoms with van der Waals surface area (Å²) in [6, 6.07) is 3.25.